The summed E-state index contributed by atoms with van der Waals surface area (Å²) in [5.41, 5.74) is -0.450. The lowest BCUT2D eigenvalue weighted by Crippen LogP contribution is -2.40. The van der Waals surface area contributed by atoms with E-state index in [-0.39, 0.29) is 19.0 Å². The Morgan fingerprint density at radius 3 is 2.55 bits per heavy atom. The third-order valence-electron chi connectivity index (χ3n) is 3.38. The number of likely N-dealkylation sites (tertiary alicyclic amines) is 1. The summed E-state index contributed by atoms with van der Waals surface area (Å²) in [5.74, 6) is 0.237. The van der Waals surface area contributed by atoms with Gasteiger partial charge in [0.15, 0.2) is 0 Å². The van der Waals surface area contributed by atoms with Gasteiger partial charge < -0.3 is 24.3 Å². The Hall–Kier alpha value is -0.785. The molecule has 2 aliphatic rings. The van der Waals surface area contributed by atoms with Crippen LogP contribution in [-0.2, 0) is 14.0 Å². The second kappa shape index (κ2) is 6.78. The molecule has 0 bridgehead atoms. The number of nitrogens with zero attached hydrogens (tertiary/aromatic N) is 1. The average Bonchev–Trinajstić information content (AvgIpc) is 2.75. The van der Waals surface area contributed by atoms with Crippen molar-refractivity contribution in [3.63, 3.8) is 0 Å². The predicted molar refractivity (Wildman–Crippen MR) is 76.7 cm³/mol. The summed E-state index contributed by atoms with van der Waals surface area (Å²) >= 11 is 0. The maximum absolute atomic E-state index is 12.0. The number of carbonyl (C=O) groups excluding carboxylic acids is 1. The maximum atomic E-state index is 12.0. The van der Waals surface area contributed by atoms with Crippen molar-refractivity contribution in [3.05, 3.63) is 0 Å². The van der Waals surface area contributed by atoms with Gasteiger partial charge in [-0.05, 0) is 27.2 Å². The Kier molecular flexibility index (Phi) is 5.29. The van der Waals surface area contributed by atoms with E-state index in [2.05, 4.69) is 5.32 Å². The fourth-order valence-corrected chi connectivity index (χ4v) is 2.44. The van der Waals surface area contributed by atoms with Crippen LogP contribution in [0, 0.1) is 0 Å². The monoisotopic (exact) mass is 284 g/mol. The quantitative estimate of drug-likeness (QED) is 0.731. The molecule has 0 aromatic rings. The summed E-state index contributed by atoms with van der Waals surface area (Å²) in [6, 6.07) is 0. The number of hydrogen-bond donors (Lipinski definition) is 1. The number of amides is 1. The third-order valence-corrected chi connectivity index (χ3v) is 3.38. The van der Waals surface area contributed by atoms with Gasteiger partial charge in [0.05, 0.1) is 0 Å². The van der Waals surface area contributed by atoms with Gasteiger partial charge in [0.25, 0.3) is 0 Å². The molecule has 0 aliphatic carbocycles. The smallest absolute Gasteiger partial charge is 0.444 e. The first-order chi connectivity index (χ1) is 9.46. The van der Waals surface area contributed by atoms with Crippen molar-refractivity contribution in [2.24, 2.45) is 0 Å². The lowest BCUT2D eigenvalue weighted by atomic mass is 9.71. The molecule has 0 aromatic carbocycles. The molecule has 2 rings (SSSR count). The largest absolute Gasteiger partial charge is 0.462 e. The Bertz CT molecular complexity index is 327. The van der Waals surface area contributed by atoms with E-state index >= 15 is 0 Å². The Balaban J connectivity index is 1.83. The fraction of sp³-hybridized carbons (Fsp3) is 0.923. The van der Waals surface area contributed by atoms with E-state index in [1.54, 1.807) is 4.90 Å². The molecule has 2 saturated heterocycles. The summed E-state index contributed by atoms with van der Waals surface area (Å²) in [6.45, 7) is 9.99. The van der Waals surface area contributed by atoms with Crippen LogP contribution >= 0.6 is 0 Å². The molecule has 1 atom stereocenters. The van der Waals surface area contributed by atoms with E-state index in [0.717, 1.165) is 19.5 Å². The molecule has 114 valence electrons. The molecule has 0 saturated carbocycles. The molecule has 2 fully saturated rings. The van der Waals surface area contributed by atoms with Crippen LogP contribution in [0.3, 0.4) is 0 Å². The zero-order valence-corrected chi connectivity index (χ0v) is 12.7. The molecule has 0 unspecified atom stereocenters. The Labute approximate surface area is 121 Å². The van der Waals surface area contributed by atoms with Gasteiger partial charge in [0.1, 0.15) is 5.60 Å². The van der Waals surface area contributed by atoms with Gasteiger partial charge >= 0.3 is 13.2 Å². The van der Waals surface area contributed by atoms with Gasteiger partial charge in [-0.3, -0.25) is 0 Å². The van der Waals surface area contributed by atoms with Gasteiger partial charge in [0, 0.05) is 45.2 Å². The molecule has 2 heterocycles. The minimum Gasteiger partial charge on any atom is -0.444 e. The highest BCUT2D eigenvalue weighted by Crippen LogP contribution is 2.27. The van der Waals surface area contributed by atoms with Gasteiger partial charge in [-0.2, -0.15) is 0 Å². The molecule has 6 nitrogen and oxygen atoms in total. The standard InChI is InChI=1S/C13H25BN2O4/c1-13(2,3)20-12(17)16-7-4-11(10-16)14-18-8-5-15-6-9-19-14/h11,15H,4-10H2,1-3H3/t11-/m0/s1. The van der Waals surface area contributed by atoms with Crippen molar-refractivity contribution < 1.29 is 18.8 Å². The van der Waals surface area contributed by atoms with Gasteiger partial charge in [-0.25, -0.2) is 4.79 Å². The zero-order chi connectivity index (χ0) is 14.6. The summed E-state index contributed by atoms with van der Waals surface area (Å²) in [7, 11) is -0.204. The first-order valence-electron chi connectivity index (χ1n) is 7.37. The molecular weight excluding hydrogens is 259 g/mol. The number of ether oxygens (including phenoxy) is 1. The first kappa shape index (κ1) is 15.6. The van der Waals surface area contributed by atoms with Crippen molar-refractivity contribution in [1.82, 2.24) is 10.2 Å². The van der Waals surface area contributed by atoms with Crippen LogP contribution in [0.5, 0.6) is 0 Å². The summed E-state index contributed by atoms with van der Waals surface area (Å²) < 4.78 is 16.9. The van der Waals surface area contributed by atoms with Gasteiger partial charge in [0.2, 0.25) is 0 Å². The lowest BCUT2D eigenvalue weighted by Gasteiger charge is -2.25. The number of nitrogens with one attached hydrogen (secondary N) is 1. The average molecular weight is 284 g/mol. The second-order valence-electron chi connectivity index (χ2n) is 6.34. The molecule has 7 heteroatoms. The third kappa shape index (κ3) is 4.65. The van der Waals surface area contributed by atoms with E-state index in [4.69, 9.17) is 14.0 Å². The molecular formula is C13H25BN2O4. The summed E-state index contributed by atoms with van der Waals surface area (Å²) in [6.07, 6.45) is 0.657. The number of carbonyl (C=O) groups is 1. The molecule has 0 aromatic heterocycles. The highest BCUT2D eigenvalue weighted by molar-refractivity contribution is 6.46. The van der Waals surface area contributed by atoms with E-state index in [9.17, 15) is 4.79 Å². The highest BCUT2D eigenvalue weighted by Gasteiger charge is 2.39. The minimum absolute atomic E-state index is 0.204. The van der Waals surface area contributed by atoms with Crippen LogP contribution in [-0.4, -0.2) is 63.1 Å². The Morgan fingerprint density at radius 1 is 1.30 bits per heavy atom. The summed E-state index contributed by atoms with van der Waals surface area (Å²) in [5, 5.41) is 3.22. The van der Waals surface area contributed by atoms with Crippen LogP contribution in [0.15, 0.2) is 0 Å². The Morgan fingerprint density at radius 2 is 1.95 bits per heavy atom. The topological polar surface area (TPSA) is 60.0 Å². The van der Waals surface area contributed by atoms with Gasteiger partial charge in [-0.1, -0.05) is 0 Å². The van der Waals surface area contributed by atoms with Crippen molar-refractivity contribution in [2.45, 2.75) is 38.6 Å². The SMILES string of the molecule is CC(C)(C)OC(=O)N1CC[C@H](B2OCCNCCO2)C1. The fourth-order valence-electron chi connectivity index (χ4n) is 2.44. The van der Waals surface area contributed by atoms with Crippen LogP contribution in [0.1, 0.15) is 27.2 Å². The first-order valence-corrected chi connectivity index (χ1v) is 7.37. The van der Waals surface area contributed by atoms with Crippen LogP contribution in [0.25, 0.3) is 0 Å². The molecule has 0 radical (unpaired) electrons. The van der Waals surface area contributed by atoms with E-state index in [1.165, 1.54) is 0 Å². The number of rotatable bonds is 1. The zero-order valence-electron chi connectivity index (χ0n) is 12.7. The lowest BCUT2D eigenvalue weighted by molar-refractivity contribution is 0.0293. The normalized spacial score (nSPS) is 25.2. The van der Waals surface area contributed by atoms with Crippen molar-refractivity contribution in [3.8, 4) is 0 Å². The van der Waals surface area contributed by atoms with Crippen molar-refractivity contribution >= 4 is 13.2 Å². The molecule has 2 aliphatic heterocycles. The predicted octanol–water partition coefficient (Wildman–Crippen LogP) is 1.12. The van der Waals surface area contributed by atoms with E-state index in [1.807, 2.05) is 20.8 Å². The number of hydrogen-bond acceptors (Lipinski definition) is 5. The van der Waals surface area contributed by atoms with Gasteiger partial charge in [-0.15, -0.1) is 0 Å². The van der Waals surface area contributed by atoms with Crippen LogP contribution < -0.4 is 5.32 Å². The molecule has 0 spiro atoms. The van der Waals surface area contributed by atoms with Crippen molar-refractivity contribution in [2.75, 3.05) is 39.4 Å². The van der Waals surface area contributed by atoms with Crippen LogP contribution in [0.4, 0.5) is 4.79 Å². The molecule has 1 amide bonds. The van der Waals surface area contributed by atoms with E-state index in [0.29, 0.717) is 26.3 Å². The second-order valence-corrected chi connectivity index (χ2v) is 6.34. The van der Waals surface area contributed by atoms with E-state index < -0.39 is 5.60 Å². The maximum Gasteiger partial charge on any atom is 0.462 e. The summed E-state index contributed by atoms with van der Waals surface area (Å²) in [4.78, 5) is 13.8. The minimum atomic E-state index is -0.450. The molecule has 20 heavy (non-hydrogen) atoms. The highest BCUT2D eigenvalue weighted by atomic mass is 16.6. The van der Waals surface area contributed by atoms with Crippen molar-refractivity contribution in [1.29, 1.82) is 0 Å². The van der Waals surface area contributed by atoms with Crippen LogP contribution in [0.2, 0.25) is 5.82 Å². The molecule has 1 N–H and O–H groups in total.